The van der Waals surface area contributed by atoms with E-state index in [9.17, 15) is 4.39 Å². The van der Waals surface area contributed by atoms with Gasteiger partial charge in [-0.15, -0.1) is 11.8 Å². The maximum absolute atomic E-state index is 14.1. The minimum Gasteiger partial charge on any atom is -0.310 e. The molecule has 1 saturated carbocycles. The van der Waals surface area contributed by atoms with E-state index in [1.165, 1.54) is 24.6 Å². The maximum atomic E-state index is 14.1. The Balaban J connectivity index is 1.61. The Morgan fingerprint density at radius 3 is 2.71 bits per heavy atom. The molecule has 3 rings (SSSR count). The number of nitrogens with one attached hydrogen (secondary N) is 1. The van der Waals surface area contributed by atoms with Crippen molar-refractivity contribution in [2.45, 2.75) is 36.1 Å². The van der Waals surface area contributed by atoms with Crippen LogP contribution in [0, 0.1) is 5.82 Å². The zero-order valence-electron chi connectivity index (χ0n) is 11.6. The van der Waals surface area contributed by atoms with Crippen molar-refractivity contribution in [3.05, 3.63) is 64.4 Å². The van der Waals surface area contributed by atoms with Crippen LogP contribution in [0.3, 0.4) is 0 Å². The summed E-state index contributed by atoms with van der Waals surface area (Å²) in [6.07, 6.45) is 2.49. The van der Waals surface area contributed by atoms with E-state index in [4.69, 9.17) is 11.6 Å². The summed E-state index contributed by atoms with van der Waals surface area (Å²) >= 11 is 7.60. The van der Waals surface area contributed by atoms with Crippen molar-refractivity contribution in [1.29, 1.82) is 0 Å². The zero-order valence-corrected chi connectivity index (χ0v) is 13.2. The largest absolute Gasteiger partial charge is 0.310 e. The molecule has 0 atom stereocenters. The molecule has 1 aliphatic rings. The van der Waals surface area contributed by atoms with Crippen LogP contribution in [0.25, 0.3) is 0 Å². The summed E-state index contributed by atoms with van der Waals surface area (Å²) in [4.78, 5) is 0.671. The van der Waals surface area contributed by atoms with Gasteiger partial charge in [0.25, 0.3) is 0 Å². The first-order valence-corrected chi connectivity index (χ1v) is 8.47. The first-order valence-electron chi connectivity index (χ1n) is 7.10. The van der Waals surface area contributed by atoms with Crippen LogP contribution in [-0.2, 0) is 12.3 Å². The predicted molar refractivity (Wildman–Crippen MR) is 87.3 cm³/mol. The second kappa shape index (κ2) is 6.82. The minimum atomic E-state index is -0.151. The number of benzene rings is 2. The van der Waals surface area contributed by atoms with E-state index in [0.717, 1.165) is 22.7 Å². The summed E-state index contributed by atoms with van der Waals surface area (Å²) in [5.41, 5.74) is 2.03. The highest BCUT2D eigenvalue weighted by molar-refractivity contribution is 7.98. The topological polar surface area (TPSA) is 12.0 Å². The van der Waals surface area contributed by atoms with Gasteiger partial charge in [0, 0.05) is 28.3 Å². The lowest BCUT2D eigenvalue weighted by Gasteiger charge is -2.08. The van der Waals surface area contributed by atoms with Crippen molar-refractivity contribution < 1.29 is 4.39 Å². The lowest BCUT2D eigenvalue weighted by atomic mass is 10.2. The van der Waals surface area contributed by atoms with Gasteiger partial charge in [-0.3, -0.25) is 0 Å². The maximum Gasteiger partial charge on any atom is 0.137 e. The van der Waals surface area contributed by atoms with E-state index in [2.05, 4.69) is 5.32 Å². The molecule has 1 N–H and O–H groups in total. The van der Waals surface area contributed by atoms with Gasteiger partial charge in [0.1, 0.15) is 5.82 Å². The molecule has 1 fully saturated rings. The first-order chi connectivity index (χ1) is 10.2. The van der Waals surface area contributed by atoms with Gasteiger partial charge in [-0.05, 0) is 42.2 Å². The quantitative estimate of drug-likeness (QED) is 0.749. The third-order valence-corrected chi connectivity index (χ3v) is 4.98. The molecular weight excluding hydrogens is 305 g/mol. The van der Waals surface area contributed by atoms with E-state index < -0.39 is 0 Å². The second-order valence-corrected chi connectivity index (χ2v) is 6.72. The number of rotatable bonds is 6. The van der Waals surface area contributed by atoms with Gasteiger partial charge in [0.15, 0.2) is 0 Å². The molecule has 0 bridgehead atoms. The first kappa shape index (κ1) is 14.9. The highest BCUT2D eigenvalue weighted by atomic mass is 35.5. The molecule has 0 amide bonds. The fourth-order valence-corrected chi connectivity index (χ4v) is 3.30. The average Bonchev–Trinajstić information content (AvgIpc) is 3.30. The van der Waals surface area contributed by atoms with Crippen molar-refractivity contribution in [1.82, 2.24) is 5.32 Å². The number of halogens is 2. The van der Waals surface area contributed by atoms with Crippen LogP contribution in [0.15, 0.2) is 47.4 Å². The molecule has 21 heavy (non-hydrogen) atoms. The fourth-order valence-electron chi connectivity index (χ4n) is 2.09. The van der Waals surface area contributed by atoms with Crippen LogP contribution >= 0.6 is 23.4 Å². The van der Waals surface area contributed by atoms with Crippen LogP contribution in [0.1, 0.15) is 24.0 Å². The molecular formula is C17H17ClFNS. The van der Waals surface area contributed by atoms with Crippen LogP contribution < -0.4 is 5.32 Å². The Morgan fingerprint density at radius 2 is 2.00 bits per heavy atom. The molecule has 0 heterocycles. The molecule has 4 heteroatoms. The summed E-state index contributed by atoms with van der Waals surface area (Å²) < 4.78 is 14.1. The molecule has 2 aromatic carbocycles. The fraction of sp³-hybridized carbons (Fsp3) is 0.294. The Hall–Kier alpha value is -1.03. The Labute approximate surface area is 133 Å². The van der Waals surface area contributed by atoms with Gasteiger partial charge in [-0.2, -0.15) is 0 Å². The van der Waals surface area contributed by atoms with Crippen LogP contribution in [-0.4, -0.2) is 6.04 Å². The lowest BCUT2D eigenvalue weighted by Crippen LogP contribution is -2.15. The zero-order chi connectivity index (χ0) is 14.7. The van der Waals surface area contributed by atoms with Crippen molar-refractivity contribution in [3.8, 4) is 0 Å². The Bertz CT molecular complexity index is 628. The lowest BCUT2D eigenvalue weighted by molar-refractivity contribution is 0.595. The normalized spacial score (nSPS) is 14.4. The SMILES string of the molecule is Fc1cc(CNC2CC2)ccc1SCc1ccccc1Cl. The van der Waals surface area contributed by atoms with Gasteiger partial charge in [0.05, 0.1) is 0 Å². The summed E-state index contributed by atoms with van der Waals surface area (Å²) in [5.74, 6) is 0.526. The van der Waals surface area contributed by atoms with Gasteiger partial charge in [0.2, 0.25) is 0 Å². The van der Waals surface area contributed by atoms with Crippen molar-refractivity contribution in [2.24, 2.45) is 0 Å². The highest BCUT2D eigenvalue weighted by Gasteiger charge is 2.20. The van der Waals surface area contributed by atoms with Gasteiger partial charge < -0.3 is 5.32 Å². The second-order valence-electron chi connectivity index (χ2n) is 5.30. The molecule has 0 radical (unpaired) electrons. The summed E-state index contributed by atoms with van der Waals surface area (Å²) in [6, 6.07) is 13.8. The van der Waals surface area contributed by atoms with Crippen LogP contribution in [0.2, 0.25) is 5.02 Å². The highest BCUT2D eigenvalue weighted by Crippen LogP contribution is 2.29. The number of hydrogen-bond donors (Lipinski definition) is 1. The summed E-state index contributed by atoms with van der Waals surface area (Å²) in [5, 5.41) is 4.13. The molecule has 110 valence electrons. The van der Waals surface area contributed by atoms with E-state index in [1.807, 2.05) is 36.4 Å². The van der Waals surface area contributed by atoms with Gasteiger partial charge in [-0.25, -0.2) is 4.39 Å². The predicted octanol–water partition coefficient (Wildman–Crippen LogP) is 5.02. The van der Waals surface area contributed by atoms with E-state index in [0.29, 0.717) is 16.7 Å². The number of hydrogen-bond acceptors (Lipinski definition) is 2. The summed E-state index contributed by atoms with van der Waals surface area (Å²) in [7, 11) is 0. The third kappa shape index (κ3) is 4.22. The molecule has 0 spiro atoms. The standard InChI is InChI=1S/C17H17ClFNS/c18-15-4-2-1-3-13(15)11-21-17-8-5-12(9-16(17)19)10-20-14-6-7-14/h1-5,8-9,14,20H,6-7,10-11H2. The third-order valence-electron chi connectivity index (χ3n) is 3.51. The van der Waals surface area contributed by atoms with Crippen molar-refractivity contribution in [2.75, 3.05) is 0 Å². The molecule has 1 nitrogen and oxygen atoms in total. The Kier molecular flexibility index (Phi) is 4.84. The molecule has 0 saturated heterocycles. The van der Waals surface area contributed by atoms with Crippen molar-refractivity contribution >= 4 is 23.4 Å². The van der Waals surface area contributed by atoms with Gasteiger partial charge >= 0.3 is 0 Å². The molecule has 0 unspecified atom stereocenters. The molecule has 2 aromatic rings. The summed E-state index contributed by atoms with van der Waals surface area (Å²) in [6.45, 7) is 0.747. The van der Waals surface area contributed by atoms with E-state index in [1.54, 1.807) is 6.07 Å². The minimum absolute atomic E-state index is 0.151. The van der Waals surface area contributed by atoms with Gasteiger partial charge in [-0.1, -0.05) is 35.9 Å². The van der Waals surface area contributed by atoms with Crippen molar-refractivity contribution in [3.63, 3.8) is 0 Å². The van der Waals surface area contributed by atoms with Crippen LogP contribution in [0.4, 0.5) is 4.39 Å². The Morgan fingerprint density at radius 1 is 1.19 bits per heavy atom. The molecule has 0 aliphatic heterocycles. The van der Waals surface area contributed by atoms with Crippen LogP contribution in [0.5, 0.6) is 0 Å². The molecule has 1 aliphatic carbocycles. The average molecular weight is 322 g/mol. The van der Waals surface area contributed by atoms with E-state index in [-0.39, 0.29) is 5.82 Å². The smallest absolute Gasteiger partial charge is 0.137 e. The molecule has 0 aromatic heterocycles. The monoisotopic (exact) mass is 321 g/mol. The van der Waals surface area contributed by atoms with E-state index >= 15 is 0 Å². The number of thioether (sulfide) groups is 1.